The maximum absolute atomic E-state index is 12.2. The molecule has 8 heteroatoms. The number of benzene rings is 1. The Hall–Kier alpha value is -2.06. The number of amides is 2. The molecule has 3 rings (SSSR count). The second-order valence-corrected chi connectivity index (χ2v) is 8.58. The second-order valence-electron chi connectivity index (χ2n) is 6.65. The number of carbonyl (C=O) groups excluding carboxylic acids is 1. The number of sulfone groups is 1. The quantitative estimate of drug-likeness (QED) is 0.781. The van der Waals surface area contributed by atoms with Crippen LogP contribution < -0.4 is 15.4 Å². The molecule has 2 aliphatic heterocycles. The third-order valence-electron chi connectivity index (χ3n) is 4.78. The van der Waals surface area contributed by atoms with Crippen LogP contribution in [0.4, 0.5) is 4.79 Å². The van der Waals surface area contributed by atoms with E-state index in [2.05, 4.69) is 15.5 Å². The van der Waals surface area contributed by atoms with Crippen molar-refractivity contribution in [3.63, 3.8) is 0 Å². The van der Waals surface area contributed by atoms with Gasteiger partial charge in [-0.25, -0.2) is 13.2 Å². The molecular weight excluding hydrogens is 354 g/mol. The minimum atomic E-state index is -3.18. The molecular formula is C18H25N3O4S. The summed E-state index contributed by atoms with van der Waals surface area (Å²) in [5.74, 6) is 0.725. The van der Waals surface area contributed by atoms with Gasteiger partial charge in [0.25, 0.3) is 0 Å². The number of carbonyl (C=O) groups is 1. The van der Waals surface area contributed by atoms with Crippen molar-refractivity contribution in [2.75, 3.05) is 32.5 Å². The maximum atomic E-state index is 12.2. The van der Waals surface area contributed by atoms with E-state index in [0.29, 0.717) is 6.54 Å². The SMILES string of the molecule is COc1ccc([C@H](CNC(=O)N[C@H]2C=CS(=O)(=O)C2)N2CCCC2)cc1. The van der Waals surface area contributed by atoms with Crippen LogP contribution >= 0.6 is 0 Å². The Morgan fingerprint density at radius 3 is 2.54 bits per heavy atom. The fourth-order valence-electron chi connectivity index (χ4n) is 3.41. The highest BCUT2D eigenvalue weighted by Gasteiger charge is 2.26. The lowest BCUT2D eigenvalue weighted by molar-refractivity contribution is 0.220. The topological polar surface area (TPSA) is 87.7 Å². The molecule has 1 aromatic carbocycles. The van der Waals surface area contributed by atoms with Crippen LogP contribution in [0, 0.1) is 0 Å². The minimum Gasteiger partial charge on any atom is -0.497 e. The van der Waals surface area contributed by atoms with Gasteiger partial charge in [0, 0.05) is 12.0 Å². The molecule has 0 bridgehead atoms. The number of nitrogens with zero attached hydrogens (tertiary/aromatic N) is 1. The molecule has 1 aromatic rings. The van der Waals surface area contributed by atoms with Crippen LogP contribution in [0.3, 0.4) is 0 Å². The molecule has 2 atom stereocenters. The number of urea groups is 1. The lowest BCUT2D eigenvalue weighted by Gasteiger charge is -2.28. The summed E-state index contributed by atoms with van der Waals surface area (Å²) in [4.78, 5) is 14.5. The van der Waals surface area contributed by atoms with Gasteiger partial charge in [-0.1, -0.05) is 12.1 Å². The van der Waals surface area contributed by atoms with Crippen LogP contribution in [-0.4, -0.2) is 57.9 Å². The molecule has 0 radical (unpaired) electrons. The van der Waals surface area contributed by atoms with Gasteiger partial charge >= 0.3 is 6.03 Å². The zero-order chi connectivity index (χ0) is 18.6. The van der Waals surface area contributed by atoms with Gasteiger partial charge < -0.3 is 15.4 Å². The molecule has 26 heavy (non-hydrogen) atoms. The lowest BCUT2D eigenvalue weighted by atomic mass is 10.1. The van der Waals surface area contributed by atoms with E-state index in [0.717, 1.165) is 42.7 Å². The number of hydrogen-bond acceptors (Lipinski definition) is 5. The van der Waals surface area contributed by atoms with E-state index in [1.54, 1.807) is 7.11 Å². The molecule has 2 N–H and O–H groups in total. The van der Waals surface area contributed by atoms with E-state index < -0.39 is 15.9 Å². The normalized spacial score (nSPS) is 22.9. The van der Waals surface area contributed by atoms with E-state index in [1.165, 1.54) is 6.08 Å². The van der Waals surface area contributed by atoms with Crippen LogP contribution in [0.15, 0.2) is 35.7 Å². The van der Waals surface area contributed by atoms with Gasteiger partial charge in [0.05, 0.1) is 24.9 Å². The van der Waals surface area contributed by atoms with Crippen molar-refractivity contribution in [3.8, 4) is 5.75 Å². The van der Waals surface area contributed by atoms with Crippen molar-refractivity contribution >= 4 is 15.9 Å². The minimum absolute atomic E-state index is 0.0749. The smallest absolute Gasteiger partial charge is 0.315 e. The Balaban J connectivity index is 1.60. The number of hydrogen-bond donors (Lipinski definition) is 2. The maximum Gasteiger partial charge on any atom is 0.315 e. The summed E-state index contributed by atoms with van der Waals surface area (Å²) in [5.41, 5.74) is 1.12. The Labute approximate surface area is 154 Å². The summed E-state index contributed by atoms with van der Waals surface area (Å²) < 4.78 is 28.1. The third kappa shape index (κ3) is 4.76. The summed E-state index contributed by atoms with van der Waals surface area (Å²) in [6.07, 6.45) is 3.82. The summed E-state index contributed by atoms with van der Waals surface area (Å²) in [6.45, 7) is 2.47. The highest BCUT2D eigenvalue weighted by atomic mass is 32.2. The Morgan fingerprint density at radius 1 is 1.27 bits per heavy atom. The van der Waals surface area contributed by atoms with Crippen molar-refractivity contribution in [2.45, 2.75) is 24.9 Å². The lowest BCUT2D eigenvalue weighted by Crippen LogP contribution is -2.45. The average Bonchev–Trinajstić information content (AvgIpc) is 3.25. The third-order valence-corrected chi connectivity index (χ3v) is 6.18. The molecule has 1 fully saturated rings. The van der Waals surface area contributed by atoms with Crippen LogP contribution in [0.1, 0.15) is 24.4 Å². The zero-order valence-electron chi connectivity index (χ0n) is 14.8. The van der Waals surface area contributed by atoms with E-state index >= 15 is 0 Å². The Morgan fingerprint density at radius 2 is 1.96 bits per heavy atom. The number of ether oxygens (including phenoxy) is 1. The van der Waals surface area contributed by atoms with Crippen LogP contribution in [0.25, 0.3) is 0 Å². The molecule has 0 unspecified atom stereocenters. The number of rotatable bonds is 6. The molecule has 7 nitrogen and oxygen atoms in total. The van der Waals surface area contributed by atoms with Crippen molar-refractivity contribution in [1.82, 2.24) is 15.5 Å². The Kier molecular flexibility index (Phi) is 5.83. The van der Waals surface area contributed by atoms with Gasteiger partial charge in [0.2, 0.25) is 0 Å². The number of nitrogens with one attached hydrogen (secondary N) is 2. The van der Waals surface area contributed by atoms with E-state index in [-0.39, 0.29) is 17.8 Å². The molecule has 1 saturated heterocycles. The van der Waals surface area contributed by atoms with E-state index in [9.17, 15) is 13.2 Å². The second kappa shape index (κ2) is 8.09. The molecule has 0 spiro atoms. The summed E-state index contributed by atoms with van der Waals surface area (Å²) in [5, 5.41) is 6.74. The van der Waals surface area contributed by atoms with Crippen LogP contribution in [0.5, 0.6) is 5.75 Å². The molecule has 2 heterocycles. The molecule has 2 aliphatic rings. The number of methoxy groups -OCH3 is 1. The summed E-state index contributed by atoms with van der Waals surface area (Å²) >= 11 is 0. The first-order valence-electron chi connectivity index (χ1n) is 8.80. The summed E-state index contributed by atoms with van der Waals surface area (Å²) in [6, 6.07) is 7.15. The van der Waals surface area contributed by atoms with Gasteiger partial charge in [-0.15, -0.1) is 0 Å². The fraction of sp³-hybridized carbons (Fsp3) is 0.500. The van der Waals surface area contributed by atoms with E-state index in [4.69, 9.17) is 4.74 Å². The fourth-order valence-corrected chi connectivity index (χ4v) is 4.65. The van der Waals surface area contributed by atoms with Gasteiger partial charge in [0.15, 0.2) is 9.84 Å². The predicted molar refractivity (Wildman–Crippen MR) is 99.8 cm³/mol. The van der Waals surface area contributed by atoms with Gasteiger partial charge in [-0.3, -0.25) is 4.90 Å². The van der Waals surface area contributed by atoms with E-state index in [1.807, 2.05) is 24.3 Å². The highest BCUT2D eigenvalue weighted by Crippen LogP contribution is 2.26. The first-order valence-corrected chi connectivity index (χ1v) is 10.5. The zero-order valence-corrected chi connectivity index (χ0v) is 15.7. The van der Waals surface area contributed by atoms with Gasteiger partial charge in [-0.2, -0.15) is 0 Å². The van der Waals surface area contributed by atoms with Crippen molar-refractivity contribution in [2.24, 2.45) is 0 Å². The monoisotopic (exact) mass is 379 g/mol. The molecule has 142 valence electrons. The van der Waals surface area contributed by atoms with Crippen LogP contribution in [0.2, 0.25) is 0 Å². The average molecular weight is 379 g/mol. The number of likely N-dealkylation sites (tertiary alicyclic amines) is 1. The first kappa shape index (κ1) is 18.7. The molecule has 2 amide bonds. The van der Waals surface area contributed by atoms with Crippen LogP contribution in [-0.2, 0) is 9.84 Å². The largest absolute Gasteiger partial charge is 0.497 e. The highest BCUT2D eigenvalue weighted by molar-refractivity contribution is 7.94. The van der Waals surface area contributed by atoms with Gasteiger partial charge in [-0.05, 0) is 49.7 Å². The standard InChI is InChI=1S/C18H25N3O4S/c1-25-16-6-4-14(5-7-16)17(21-9-2-3-10-21)12-19-18(22)20-15-8-11-26(23,24)13-15/h4-8,11,15,17H,2-3,9-10,12-13H2,1H3,(H2,19,20,22)/t15-,17-/m0/s1. The molecule has 0 aromatic heterocycles. The molecule has 0 saturated carbocycles. The van der Waals surface area contributed by atoms with Gasteiger partial charge in [0.1, 0.15) is 5.75 Å². The molecule has 0 aliphatic carbocycles. The van der Waals surface area contributed by atoms with Crippen molar-refractivity contribution in [1.29, 1.82) is 0 Å². The first-order chi connectivity index (χ1) is 12.5. The predicted octanol–water partition coefficient (Wildman–Crippen LogP) is 1.44. The summed E-state index contributed by atoms with van der Waals surface area (Å²) in [7, 11) is -1.54. The van der Waals surface area contributed by atoms with Crippen molar-refractivity contribution in [3.05, 3.63) is 41.3 Å². The Bertz CT molecular complexity index is 755. The van der Waals surface area contributed by atoms with Crippen molar-refractivity contribution < 1.29 is 17.9 Å².